The quantitative estimate of drug-likeness (QED) is 0.759. The van der Waals surface area contributed by atoms with Gasteiger partial charge in [-0.1, -0.05) is 19.9 Å². The van der Waals surface area contributed by atoms with Crippen molar-refractivity contribution in [2.75, 3.05) is 17.8 Å². The molecule has 1 aromatic rings. The van der Waals surface area contributed by atoms with Gasteiger partial charge in [-0.2, -0.15) is 0 Å². The number of benzene rings is 1. The van der Waals surface area contributed by atoms with Crippen LogP contribution >= 0.6 is 11.6 Å². The molecule has 0 radical (unpaired) electrons. The number of aryl methyl sites for hydroxylation is 1. The third kappa shape index (κ3) is 2.78. The van der Waals surface area contributed by atoms with Crippen LogP contribution in [0.1, 0.15) is 25.0 Å². The van der Waals surface area contributed by atoms with Crippen molar-refractivity contribution in [1.29, 1.82) is 0 Å². The van der Waals surface area contributed by atoms with Gasteiger partial charge in [-0.05, 0) is 24.5 Å². The molecule has 0 aliphatic carbocycles. The fourth-order valence-electron chi connectivity index (χ4n) is 1.91. The molecular weight excluding hydrogens is 241 g/mol. The average molecular weight is 258 g/mol. The first-order valence-corrected chi connectivity index (χ1v) is 6.22. The van der Waals surface area contributed by atoms with Crippen molar-refractivity contribution in [2.24, 2.45) is 0 Å². The summed E-state index contributed by atoms with van der Waals surface area (Å²) in [6, 6.07) is 3.18. The number of hydrogen-bond donors (Lipinski definition) is 0. The Hall–Kier alpha value is -1.09. The van der Waals surface area contributed by atoms with Gasteiger partial charge in [-0.25, -0.2) is 4.39 Å². The van der Waals surface area contributed by atoms with Crippen LogP contribution in [0, 0.1) is 5.82 Å². The SMILES string of the molecule is CCc1ccc(F)c(CC)c1N(C)C(=O)CCl. The van der Waals surface area contributed by atoms with E-state index in [0.29, 0.717) is 17.7 Å². The number of rotatable bonds is 4. The van der Waals surface area contributed by atoms with Crippen LogP contribution in [0.2, 0.25) is 0 Å². The molecule has 1 aromatic carbocycles. The molecule has 0 saturated heterocycles. The lowest BCUT2D eigenvalue weighted by molar-refractivity contribution is -0.116. The Morgan fingerprint density at radius 2 is 2.00 bits per heavy atom. The Balaban J connectivity index is 3.36. The van der Waals surface area contributed by atoms with Crippen molar-refractivity contribution in [2.45, 2.75) is 26.7 Å². The van der Waals surface area contributed by atoms with Gasteiger partial charge in [-0.15, -0.1) is 11.6 Å². The molecule has 0 aliphatic heterocycles. The Kier molecular flexibility index (Phi) is 4.94. The first-order valence-electron chi connectivity index (χ1n) is 5.69. The molecule has 0 bridgehead atoms. The predicted octanol–water partition coefficient (Wildman–Crippen LogP) is 3.15. The lowest BCUT2D eigenvalue weighted by Gasteiger charge is -2.23. The maximum atomic E-state index is 13.7. The largest absolute Gasteiger partial charge is 0.314 e. The molecule has 17 heavy (non-hydrogen) atoms. The number of nitrogens with zero attached hydrogens (tertiary/aromatic N) is 1. The summed E-state index contributed by atoms with van der Waals surface area (Å²) in [6.45, 7) is 3.86. The topological polar surface area (TPSA) is 20.3 Å². The normalized spacial score (nSPS) is 10.4. The monoisotopic (exact) mass is 257 g/mol. The van der Waals surface area contributed by atoms with Gasteiger partial charge >= 0.3 is 0 Å². The summed E-state index contributed by atoms with van der Waals surface area (Å²) >= 11 is 5.54. The van der Waals surface area contributed by atoms with E-state index in [1.165, 1.54) is 11.0 Å². The summed E-state index contributed by atoms with van der Waals surface area (Å²) in [6.07, 6.45) is 1.30. The number of amides is 1. The van der Waals surface area contributed by atoms with Crippen molar-refractivity contribution < 1.29 is 9.18 Å². The number of carbonyl (C=O) groups is 1. The fourth-order valence-corrected chi connectivity index (χ4v) is 2.09. The average Bonchev–Trinajstić information content (AvgIpc) is 2.36. The molecule has 0 atom stereocenters. The molecule has 0 fully saturated rings. The van der Waals surface area contributed by atoms with Gasteiger partial charge in [0.2, 0.25) is 5.91 Å². The molecule has 1 amide bonds. The van der Waals surface area contributed by atoms with Crippen molar-refractivity contribution in [3.63, 3.8) is 0 Å². The molecule has 2 nitrogen and oxygen atoms in total. The van der Waals surface area contributed by atoms with Gasteiger partial charge in [0.1, 0.15) is 11.7 Å². The maximum Gasteiger partial charge on any atom is 0.241 e. The summed E-state index contributed by atoms with van der Waals surface area (Å²) in [5, 5.41) is 0. The fraction of sp³-hybridized carbons (Fsp3) is 0.462. The number of anilines is 1. The zero-order valence-electron chi connectivity index (χ0n) is 10.4. The Morgan fingerprint density at radius 1 is 1.35 bits per heavy atom. The summed E-state index contributed by atoms with van der Waals surface area (Å²) in [7, 11) is 1.64. The van der Waals surface area contributed by atoms with Gasteiger partial charge in [0.05, 0.1) is 5.69 Å². The van der Waals surface area contributed by atoms with Crippen LogP contribution in [0.3, 0.4) is 0 Å². The molecule has 0 heterocycles. The van der Waals surface area contributed by atoms with Gasteiger partial charge in [0.15, 0.2) is 0 Å². The Morgan fingerprint density at radius 3 is 2.47 bits per heavy atom. The third-order valence-electron chi connectivity index (χ3n) is 2.87. The maximum absolute atomic E-state index is 13.7. The number of halogens is 2. The number of alkyl halides is 1. The van der Waals surface area contributed by atoms with E-state index in [-0.39, 0.29) is 17.6 Å². The second-order valence-corrected chi connectivity index (χ2v) is 4.09. The second-order valence-electron chi connectivity index (χ2n) is 3.83. The van der Waals surface area contributed by atoms with Crippen molar-refractivity contribution >= 4 is 23.2 Å². The first kappa shape index (κ1) is 14.0. The van der Waals surface area contributed by atoms with Gasteiger partial charge < -0.3 is 4.90 Å². The van der Waals surface area contributed by atoms with Crippen LogP contribution in [0.5, 0.6) is 0 Å². The molecule has 4 heteroatoms. The zero-order valence-corrected chi connectivity index (χ0v) is 11.1. The Labute approximate surface area is 106 Å². The van der Waals surface area contributed by atoms with Crippen LogP contribution in [0.25, 0.3) is 0 Å². The zero-order chi connectivity index (χ0) is 13.0. The van der Waals surface area contributed by atoms with E-state index in [9.17, 15) is 9.18 Å². The molecule has 0 aliphatic rings. The van der Waals surface area contributed by atoms with Crippen LogP contribution in [0.4, 0.5) is 10.1 Å². The molecular formula is C13H17ClFNO. The van der Waals surface area contributed by atoms with E-state index >= 15 is 0 Å². The smallest absolute Gasteiger partial charge is 0.241 e. The summed E-state index contributed by atoms with van der Waals surface area (Å²) in [5.41, 5.74) is 2.20. The van der Waals surface area contributed by atoms with Crippen LogP contribution in [-0.4, -0.2) is 18.8 Å². The number of carbonyl (C=O) groups excluding carboxylic acids is 1. The van der Waals surface area contributed by atoms with Crippen molar-refractivity contribution in [3.8, 4) is 0 Å². The van der Waals surface area contributed by atoms with E-state index < -0.39 is 0 Å². The molecule has 0 saturated carbocycles. The van der Waals surface area contributed by atoms with Gasteiger partial charge in [0, 0.05) is 12.6 Å². The summed E-state index contributed by atoms with van der Waals surface area (Å²) in [4.78, 5) is 13.1. The highest BCUT2D eigenvalue weighted by Gasteiger charge is 2.18. The lowest BCUT2D eigenvalue weighted by atomic mass is 10.0. The highest BCUT2D eigenvalue weighted by atomic mass is 35.5. The van der Waals surface area contributed by atoms with Gasteiger partial charge in [0.25, 0.3) is 0 Å². The van der Waals surface area contributed by atoms with Crippen LogP contribution in [-0.2, 0) is 17.6 Å². The van der Waals surface area contributed by atoms with E-state index in [1.807, 2.05) is 13.8 Å². The first-order chi connectivity index (χ1) is 8.06. The molecule has 0 spiro atoms. The molecule has 1 rings (SSSR count). The van der Waals surface area contributed by atoms with Crippen LogP contribution in [0.15, 0.2) is 12.1 Å². The standard InChI is InChI=1S/C13H17ClFNO/c1-4-9-6-7-11(15)10(5-2)13(9)16(3)12(17)8-14/h6-7H,4-5,8H2,1-3H3. The van der Waals surface area contributed by atoms with E-state index in [0.717, 1.165) is 12.0 Å². The summed E-state index contributed by atoms with van der Waals surface area (Å²) < 4.78 is 13.7. The van der Waals surface area contributed by atoms with Crippen molar-refractivity contribution in [3.05, 3.63) is 29.1 Å². The molecule has 94 valence electrons. The van der Waals surface area contributed by atoms with Crippen LogP contribution < -0.4 is 4.90 Å². The summed E-state index contributed by atoms with van der Waals surface area (Å²) in [5.74, 6) is -0.588. The lowest BCUT2D eigenvalue weighted by Crippen LogP contribution is -2.29. The molecule has 0 unspecified atom stereocenters. The minimum absolute atomic E-state index is 0.0979. The third-order valence-corrected chi connectivity index (χ3v) is 3.10. The highest BCUT2D eigenvalue weighted by molar-refractivity contribution is 6.29. The Bertz CT molecular complexity index is 420. The minimum atomic E-state index is -0.270. The molecule has 0 aromatic heterocycles. The van der Waals surface area contributed by atoms with E-state index in [1.54, 1.807) is 13.1 Å². The molecule has 0 N–H and O–H groups in total. The van der Waals surface area contributed by atoms with E-state index in [2.05, 4.69) is 0 Å². The minimum Gasteiger partial charge on any atom is -0.314 e. The van der Waals surface area contributed by atoms with Gasteiger partial charge in [-0.3, -0.25) is 4.79 Å². The van der Waals surface area contributed by atoms with Crippen molar-refractivity contribution in [1.82, 2.24) is 0 Å². The second kappa shape index (κ2) is 6.01. The predicted molar refractivity (Wildman–Crippen MR) is 69.3 cm³/mol. The van der Waals surface area contributed by atoms with E-state index in [4.69, 9.17) is 11.6 Å². The number of hydrogen-bond acceptors (Lipinski definition) is 1. The highest BCUT2D eigenvalue weighted by Crippen LogP contribution is 2.28.